The third-order valence-electron chi connectivity index (χ3n) is 2.15. The number of thiazole rings is 1. The Morgan fingerprint density at radius 3 is 2.56 bits per heavy atom. The standard InChI is InChI=1S/C11H10F2N2S/c12-10-2-1-3-11(13)9(10)6-14-4-8-5-15-7-16-8/h1-3,5,7,14H,4,6H2. The molecule has 0 fully saturated rings. The van der Waals surface area contributed by atoms with E-state index in [1.165, 1.54) is 29.5 Å². The molecule has 16 heavy (non-hydrogen) atoms. The second kappa shape index (κ2) is 5.14. The van der Waals surface area contributed by atoms with Gasteiger partial charge in [0.2, 0.25) is 0 Å². The van der Waals surface area contributed by atoms with E-state index in [0.29, 0.717) is 6.54 Å². The van der Waals surface area contributed by atoms with Crippen LogP contribution in [-0.4, -0.2) is 4.98 Å². The number of nitrogens with zero attached hydrogens (tertiary/aromatic N) is 1. The largest absolute Gasteiger partial charge is 0.308 e. The summed E-state index contributed by atoms with van der Waals surface area (Å²) in [4.78, 5) is 4.95. The van der Waals surface area contributed by atoms with E-state index in [1.54, 1.807) is 11.7 Å². The summed E-state index contributed by atoms with van der Waals surface area (Å²) in [5.74, 6) is -1.03. The van der Waals surface area contributed by atoms with E-state index in [0.717, 1.165) is 4.88 Å². The lowest BCUT2D eigenvalue weighted by Gasteiger charge is -2.05. The molecule has 1 aromatic heterocycles. The van der Waals surface area contributed by atoms with Gasteiger partial charge in [-0.25, -0.2) is 8.78 Å². The van der Waals surface area contributed by atoms with Crippen molar-refractivity contribution >= 4 is 11.3 Å². The van der Waals surface area contributed by atoms with Crippen molar-refractivity contribution in [2.45, 2.75) is 13.1 Å². The molecule has 5 heteroatoms. The van der Waals surface area contributed by atoms with Crippen LogP contribution in [0.25, 0.3) is 0 Å². The zero-order chi connectivity index (χ0) is 11.4. The van der Waals surface area contributed by atoms with Crippen molar-refractivity contribution in [1.82, 2.24) is 10.3 Å². The lowest BCUT2D eigenvalue weighted by atomic mass is 10.2. The van der Waals surface area contributed by atoms with Gasteiger partial charge in [-0.2, -0.15) is 0 Å². The number of halogens is 2. The van der Waals surface area contributed by atoms with Gasteiger partial charge in [0.25, 0.3) is 0 Å². The molecule has 0 amide bonds. The van der Waals surface area contributed by atoms with Gasteiger partial charge in [0.05, 0.1) is 5.51 Å². The van der Waals surface area contributed by atoms with Gasteiger partial charge in [-0.05, 0) is 12.1 Å². The molecular formula is C11H10F2N2S. The molecule has 0 aliphatic carbocycles. The van der Waals surface area contributed by atoms with Crippen LogP contribution in [0.15, 0.2) is 29.9 Å². The Hall–Kier alpha value is -1.33. The molecule has 0 saturated heterocycles. The monoisotopic (exact) mass is 240 g/mol. The van der Waals surface area contributed by atoms with Crippen molar-refractivity contribution < 1.29 is 8.78 Å². The summed E-state index contributed by atoms with van der Waals surface area (Å²) in [7, 11) is 0. The molecule has 2 aromatic rings. The molecule has 0 radical (unpaired) electrons. The van der Waals surface area contributed by atoms with Crippen molar-refractivity contribution in [3.8, 4) is 0 Å². The molecule has 2 rings (SSSR count). The molecule has 2 nitrogen and oxygen atoms in total. The number of nitrogens with one attached hydrogen (secondary N) is 1. The van der Waals surface area contributed by atoms with Crippen LogP contribution >= 0.6 is 11.3 Å². The van der Waals surface area contributed by atoms with Crippen molar-refractivity contribution in [3.63, 3.8) is 0 Å². The first-order valence-corrected chi connectivity index (χ1v) is 5.66. The summed E-state index contributed by atoms with van der Waals surface area (Å²) in [5.41, 5.74) is 1.80. The minimum Gasteiger partial charge on any atom is -0.308 e. The van der Waals surface area contributed by atoms with Crippen LogP contribution in [-0.2, 0) is 13.1 Å². The number of hydrogen-bond acceptors (Lipinski definition) is 3. The lowest BCUT2D eigenvalue weighted by molar-refractivity contribution is 0.536. The van der Waals surface area contributed by atoms with Crippen LogP contribution in [0.5, 0.6) is 0 Å². The third kappa shape index (κ3) is 2.62. The zero-order valence-corrected chi connectivity index (χ0v) is 9.23. The second-order valence-electron chi connectivity index (χ2n) is 3.27. The molecule has 84 valence electrons. The third-order valence-corrected chi connectivity index (χ3v) is 2.93. The summed E-state index contributed by atoms with van der Waals surface area (Å²) in [5, 5.41) is 2.98. The number of hydrogen-bond donors (Lipinski definition) is 1. The summed E-state index contributed by atoms with van der Waals surface area (Å²) in [6, 6.07) is 3.87. The first-order valence-electron chi connectivity index (χ1n) is 4.78. The van der Waals surface area contributed by atoms with Crippen LogP contribution in [0, 0.1) is 11.6 Å². The Labute approximate surface area is 96.0 Å². The minimum absolute atomic E-state index is 0.0759. The molecule has 1 heterocycles. The first-order chi connectivity index (χ1) is 7.77. The van der Waals surface area contributed by atoms with E-state index in [-0.39, 0.29) is 12.1 Å². The van der Waals surface area contributed by atoms with E-state index in [9.17, 15) is 8.78 Å². The van der Waals surface area contributed by atoms with E-state index in [4.69, 9.17) is 0 Å². The molecule has 0 spiro atoms. The molecule has 0 aliphatic heterocycles. The quantitative estimate of drug-likeness (QED) is 0.888. The van der Waals surface area contributed by atoms with Crippen molar-refractivity contribution in [1.29, 1.82) is 0 Å². The second-order valence-corrected chi connectivity index (χ2v) is 4.24. The van der Waals surface area contributed by atoms with E-state index in [1.807, 2.05) is 0 Å². The van der Waals surface area contributed by atoms with Crippen LogP contribution in [0.2, 0.25) is 0 Å². The SMILES string of the molecule is Fc1cccc(F)c1CNCc1cncs1. The highest BCUT2D eigenvalue weighted by atomic mass is 32.1. The zero-order valence-electron chi connectivity index (χ0n) is 8.41. The Morgan fingerprint density at radius 2 is 1.94 bits per heavy atom. The Bertz CT molecular complexity index is 437. The fourth-order valence-corrected chi connectivity index (χ4v) is 1.91. The van der Waals surface area contributed by atoms with Crippen molar-refractivity contribution in [2.24, 2.45) is 0 Å². The number of rotatable bonds is 4. The van der Waals surface area contributed by atoms with Crippen LogP contribution in [0.4, 0.5) is 8.78 Å². The van der Waals surface area contributed by atoms with Gasteiger partial charge < -0.3 is 5.32 Å². The topological polar surface area (TPSA) is 24.9 Å². The Morgan fingerprint density at radius 1 is 1.19 bits per heavy atom. The normalized spacial score (nSPS) is 10.6. The Kier molecular flexibility index (Phi) is 3.58. The van der Waals surface area contributed by atoms with Gasteiger partial charge in [0.1, 0.15) is 11.6 Å². The number of benzene rings is 1. The van der Waals surface area contributed by atoms with E-state index >= 15 is 0 Å². The van der Waals surface area contributed by atoms with Crippen LogP contribution < -0.4 is 5.32 Å². The average molecular weight is 240 g/mol. The van der Waals surface area contributed by atoms with Crippen molar-refractivity contribution in [3.05, 3.63) is 52.0 Å². The fraction of sp³-hybridized carbons (Fsp3) is 0.182. The summed E-state index contributed by atoms with van der Waals surface area (Å²) in [6.07, 6.45) is 1.73. The highest BCUT2D eigenvalue weighted by Crippen LogP contribution is 2.12. The Balaban J connectivity index is 1.95. The summed E-state index contributed by atoms with van der Waals surface area (Å²) < 4.78 is 26.5. The maximum atomic E-state index is 13.2. The van der Waals surface area contributed by atoms with Gasteiger partial charge in [-0.15, -0.1) is 11.3 Å². The average Bonchev–Trinajstić information content (AvgIpc) is 2.75. The van der Waals surface area contributed by atoms with Gasteiger partial charge in [-0.1, -0.05) is 6.07 Å². The summed E-state index contributed by atoms with van der Waals surface area (Å²) >= 11 is 1.51. The molecule has 0 atom stereocenters. The maximum Gasteiger partial charge on any atom is 0.130 e. The molecule has 0 aliphatic rings. The summed E-state index contributed by atoms with van der Waals surface area (Å²) in [6.45, 7) is 0.745. The first kappa shape index (κ1) is 11.2. The molecule has 0 bridgehead atoms. The number of aromatic nitrogens is 1. The maximum absolute atomic E-state index is 13.2. The van der Waals surface area contributed by atoms with Crippen LogP contribution in [0.1, 0.15) is 10.4 Å². The van der Waals surface area contributed by atoms with E-state index < -0.39 is 11.6 Å². The fourth-order valence-electron chi connectivity index (χ4n) is 1.34. The molecule has 0 unspecified atom stereocenters. The highest BCUT2D eigenvalue weighted by molar-refractivity contribution is 7.09. The predicted molar refractivity (Wildman–Crippen MR) is 59.0 cm³/mol. The molecule has 1 N–H and O–H groups in total. The van der Waals surface area contributed by atoms with E-state index in [2.05, 4.69) is 10.3 Å². The minimum atomic E-state index is -0.517. The van der Waals surface area contributed by atoms with Gasteiger partial charge in [0.15, 0.2) is 0 Å². The van der Waals surface area contributed by atoms with Crippen molar-refractivity contribution in [2.75, 3.05) is 0 Å². The smallest absolute Gasteiger partial charge is 0.130 e. The lowest BCUT2D eigenvalue weighted by Crippen LogP contribution is -2.14. The molecule has 0 saturated carbocycles. The molecular weight excluding hydrogens is 230 g/mol. The van der Waals surface area contributed by atoms with Gasteiger partial charge >= 0.3 is 0 Å². The van der Waals surface area contributed by atoms with Crippen LogP contribution in [0.3, 0.4) is 0 Å². The highest BCUT2D eigenvalue weighted by Gasteiger charge is 2.07. The van der Waals surface area contributed by atoms with Gasteiger partial charge in [-0.3, -0.25) is 4.98 Å². The van der Waals surface area contributed by atoms with Gasteiger partial charge in [0, 0.05) is 29.7 Å². The predicted octanol–water partition coefficient (Wildman–Crippen LogP) is 2.71. The molecule has 1 aromatic carbocycles.